The van der Waals surface area contributed by atoms with Crippen molar-refractivity contribution in [2.24, 2.45) is 0 Å². The monoisotopic (exact) mass is 262 g/mol. The molecule has 0 spiro atoms. The summed E-state index contributed by atoms with van der Waals surface area (Å²) in [5.74, 6) is 0. The smallest absolute Gasteiger partial charge is 0.116 e. The molecule has 0 aromatic rings. The van der Waals surface area contributed by atoms with E-state index < -0.39 is 0 Å². The topological polar surface area (TPSA) is 57.2 Å². The van der Waals surface area contributed by atoms with Gasteiger partial charge in [-0.3, -0.25) is 0 Å². The summed E-state index contributed by atoms with van der Waals surface area (Å²) in [5, 5.41) is 8.69. The van der Waals surface area contributed by atoms with Crippen LogP contribution in [-0.4, -0.2) is 56.5 Å². The van der Waals surface area contributed by atoms with E-state index in [4.69, 9.17) is 24.1 Å². The molecule has 0 saturated heterocycles. The minimum atomic E-state index is -0.204. The van der Waals surface area contributed by atoms with Gasteiger partial charge in [0, 0.05) is 0 Å². The fraction of sp³-hybridized carbons (Fsp3) is 0.846. The first-order chi connectivity index (χ1) is 8.49. The second kappa shape index (κ2) is 10.3. The Bertz CT molecular complexity index is 200. The summed E-state index contributed by atoms with van der Waals surface area (Å²) in [7, 11) is 0. The van der Waals surface area contributed by atoms with Crippen LogP contribution < -0.4 is 0 Å². The van der Waals surface area contributed by atoms with Crippen molar-refractivity contribution in [3.63, 3.8) is 0 Å². The number of hydrogen-bond acceptors (Lipinski definition) is 5. The predicted molar refractivity (Wildman–Crippen MR) is 69.5 cm³/mol. The van der Waals surface area contributed by atoms with Crippen LogP contribution >= 0.6 is 0 Å². The number of aliphatic hydroxyl groups excluding tert-OH is 1. The van der Waals surface area contributed by atoms with Crippen LogP contribution in [0.1, 0.15) is 20.8 Å². The lowest BCUT2D eigenvalue weighted by molar-refractivity contribution is -0.0758. The van der Waals surface area contributed by atoms with Gasteiger partial charge in [-0.05, 0) is 20.8 Å². The average molecular weight is 262 g/mol. The molecule has 0 amide bonds. The molecule has 0 fully saturated rings. The number of rotatable bonds is 11. The molecule has 0 radical (unpaired) electrons. The zero-order valence-electron chi connectivity index (χ0n) is 11.7. The van der Waals surface area contributed by atoms with Crippen molar-refractivity contribution in [3.05, 3.63) is 12.8 Å². The molecule has 1 unspecified atom stereocenters. The molecule has 0 aliphatic rings. The van der Waals surface area contributed by atoms with Crippen LogP contribution in [0.4, 0.5) is 0 Å². The zero-order valence-corrected chi connectivity index (χ0v) is 11.7. The highest BCUT2D eigenvalue weighted by Gasteiger charge is 2.11. The first kappa shape index (κ1) is 17.4. The van der Waals surface area contributed by atoms with Crippen molar-refractivity contribution in [2.45, 2.75) is 32.5 Å². The van der Waals surface area contributed by atoms with E-state index in [9.17, 15) is 0 Å². The Kier molecular flexibility index (Phi) is 9.96. The van der Waals surface area contributed by atoms with E-state index in [0.29, 0.717) is 26.4 Å². The number of hydrogen-bond donors (Lipinski definition) is 1. The maximum absolute atomic E-state index is 8.69. The Balaban J connectivity index is 3.64. The van der Waals surface area contributed by atoms with Crippen molar-refractivity contribution in [3.8, 4) is 0 Å². The summed E-state index contributed by atoms with van der Waals surface area (Å²) in [6, 6.07) is 0. The van der Waals surface area contributed by atoms with E-state index in [2.05, 4.69) is 6.58 Å². The first-order valence-electron chi connectivity index (χ1n) is 6.16. The van der Waals surface area contributed by atoms with Crippen LogP contribution in [0.15, 0.2) is 12.8 Å². The Morgan fingerprint density at radius 2 is 1.89 bits per heavy atom. The normalized spacial score (nSPS) is 13.3. The van der Waals surface area contributed by atoms with Crippen LogP contribution in [0.25, 0.3) is 0 Å². The van der Waals surface area contributed by atoms with E-state index >= 15 is 0 Å². The number of aliphatic hydroxyl groups is 1. The van der Waals surface area contributed by atoms with E-state index in [1.165, 1.54) is 6.26 Å². The Morgan fingerprint density at radius 3 is 2.44 bits per heavy atom. The molecule has 0 aliphatic carbocycles. The minimum absolute atomic E-state index is 0.0161. The summed E-state index contributed by atoms with van der Waals surface area (Å²) in [4.78, 5) is 0. The van der Waals surface area contributed by atoms with Gasteiger partial charge in [0.25, 0.3) is 0 Å². The van der Waals surface area contributed by atoms with Crippen molar-refractivity contribution in [1.82, 2.24) is 0 Å². The van der Waals surface area contributed by atoms with Crippen LogP contribution in [0.2, 0.25) is 0 Å². The molecule has 1 N–H and O–H groups in total. The summed E-state index contributed by atoms with van der Waals surface area (Å²) in [5.41, 5.74) is -0.151. The van der Waals surface area contributed by atoms with Gasteiger partial charge < -0.3 is 24.1 Å². The van der Waals surface area contributed by atoms with Crippen LogP contribution in [0.3, 0.4) is 0 Å². The lowest BCUT2D eigenvalue weighted by Crippen LogP contribution is -2.28. The summed E-state index contributed by atoms with van der Waals surface area (Å²) >= 11 is 0. The highest BCUT2D eigenvalue weighted by molar-refractivity contribution is 4.60. The van der Waals surface area contributed by atoms with Gasteiger partial charge in [-0.25, -0.2) is 0 Å². The standard InChI is InChI=1S/C13H26O5/c1-5-15-10-12(17-7-6-14)11-16-8-9-18-13(2,3)4/h5,12,14H,1,6-11H2,2-4H3. The SMILES string of the molecule is C=COCC(COCCOC(C)(C)C)OCCO. The molecule has 0 aromatic carbocycles. The second-order valence-corrected chi connectivity index (χ2v) is 4.75. The minimum Gasteiger partial charge on any atom is -0.499 e. The van der Waals surface area contributed by atoms with Crippen molar-refractivity contribution in [1.29, 1.82) is 0 Å². The van der Waals surface area contributed by atoms with E-state index in [-0.39, 0.29) is 24.9 Å². The molecule has 18 heavy (non-hydrogen) atoms. The molecule has 0 bridgehead atoms. The zero-order chi connectivity index (χ0) is 13.9. The third-order valence-corrected chi connectivity index (χ3v) is 1.91. The lowest BCUT2D eigenvalue weighted by atomic mass is 10.2. The molecule has 0 heterocycles. The summed E-state index contributed by atoms with van der Waals surface area (Å²) < 4.78 is 21.4. The van der Waals surface area contributed by atoms with E-state index in [1.54, 1.807) is 0 Å². The molecule has 0 aliphatic heterocycles. The lowest BCUT2D eigenvalue weighted by Gasteiger charge is -2.20. The van der Waals surface area contributed by atoms with Crippen LogP contribution in [0.5, 0.6) is 0 Å². The van der Waals surface area contributed by atoms with Crippen molar-refractivity contribution >= 4 is 0 Å². The molecule has 1 atom stereocenters. The third kappa shape index (κ3) is 11.9. The van der Waals surface area contributed by atoms with Gasteiger partial charge in [0.2, 0.25) is 0 Å². The molecule has 0 rings (SSSR count). The molecule has 5 nitrogen and oxygen atoms in total. The van der Waals surface area contributed by atoms with Crippen molar-refractivity contribution in [2.75, 3.05) is 39.6 Å². The highest BCUT2D eigenvalue weighted by Crippen LogP contribution is 2.05. The van der Waals surface area contributed by atoms with E-state index in [1.807, 2.05) is 20.8 Å². The molecular weight excluding hydrogens is 236 g/mol. The van der Waals surface area contributed by atoms with Crippen LogP contribution in [0, 0.1) is 0 Å². The van der Waals surface area contributed by atoms with E-state index in [0.717, 1.165) is 0 Å². The number of ether oxygens (including phenoxy) is 4. The van der Waals surface area contributed by atoms with Gasteiger partial charge in [0.15, 0.2) is 0 Å². The Labute approximate surface area is 110 Å². The van der Waals surface area contributed by atoms with Gasteiger partial charge in [-0.15, -0.1) is 0 Å². The van der Waals surface area contributed by atoms with Crippen LogP contribution in [-0.2, 0) is 18.9 Å². The Morgan fingerprint density at radius 1 is 1.17 bits per heavy atom. The summed E-state index contributed by atoms with van der Waals surface area (Å²) in [6.45, 7) is 11.5. The molecular formula is C13H26O5. The highest BCUT2D eigenvalue weighted by atomic mass is 16.6. The summed E-state index contributed by atoms with van der Waals surface area (Å²) in [6.07, 6.45) is 1.16. The predicted octanol–water partition coefficient (Wildman–Crippen LogP) is 1.36. The fourth-order valence-corrected chi connectivity index (χ4v) is 1.16. The quantitative estimate of drug-likeness (QED) is 0.450. The third-order valence-electron chi connectivity index (χ3n) is 1.91. The maximum atomic E-state index is 8.69. The first-order valence-corrected chi connectivity index (χ1v) is 6.16. The molecule has 5 heteroatoms. The van der Waals surface area contributed by atoms with Gasteiger partial charge >= 0.3 is 0 Å². The largest absolute Gasteiger partial charge is 0.499 e. The maximum Gasteiger partial charge on any atom is 0.116 e. The van der Waals surface area contributed by atoms with Crippen molar-refractivity contribution < 1.29 is 24.1 Å². The Hall–Kier alpha value is -0.620. The molecule has 0 saturated carbocycles. The van der Waals surface area contributed by atoms with Gasteiger partial charge in [-0.2, -0.15) is 0 Å². The molecule has 108 valence electrons. The molecule has 0 aromatic heterocycles. The average Bonchev–Trinajstić information content (AvgIpc) is 2.29. The van der Waals surface area contributed by atoms with Gasteiger partial charge in [-0.1, -0.05) is 6.58 Å². The van der Waals surface area contributed by atoms with Gasteiger partial charge in [0.05, 0.1) is 44.9 Å². The fourth-order valence-electron chi connectivity index (χ4n) is 1.16. The van der Waals surface area contributed by atoms with Gasteiger partial charge in [0.1, 0.15) is 12.7 Å². The second-order valence-electron chi connectivity index (χ2n) is 4.75.